The molecular formula is C9H20FN. The average Bonchev–Trinajstić information content (AvgIpc) is 1.85. The van der Waals surface area contributed by atoms with Crippen LogP contribution in [-0.4, -0.2) is 31.7 Å². The number of alkyl halides is 1. The quantitative estimate of drug-likeness (QED) is 0.597. The molecule has 0 aliphatic heterocycles. The maximum absolute atomic E-state index is 12.1. The number of nitrogens with zero attached hydrogens (tertiary/aromatic N) is 1. The van der Waals surface area contributed by atoms with Gasteiger partial charge in [-0.25, -0.2) is 0 Å². The maximum Gasteiger partial charge on any atom is 0.0932 e. The fourth-order valence-corrected chi connectivity index (χ4v) is 1.28. The van der Waals surface area contributed by atoms with Gasteiger partial charge in [0.15, 0.2) is 0 Å². The third-order valence-corrected chi connectivity index (χ3v) is 1.56. The highest BCUT2D eigenvalue weighted by Crippen LogP contribution is 2.01. The first kappa shape index (κ1) is 10.9. The lowest BCUT2D eigenvalue weighted by molar-refractivity contribution is 0.233. The molecule has 11 heavy (non-hydrogen) atoms. The van der Waals surface area contributed by atoms with Gasteiger partial charge in [0.2, 0.25) is 0 Å². The normalized spacial score (nSPS) is 14.5. The fraction of sp³-hybridized carbons (Fsp3) is 1.00. The van der Waals surface area contributed by atoms with Gasteiger partial charge in [0.05, 0.1) is 6.67 Å². The lowest BCUT2D eigenvalue weighted by atomic mass is 10.1. The second-order valence-corrected chi connectivity index (χ2v) is 3.87. The van der Waals surface area contributed by atoms with E-state index in [1.807, 2.05) is 14.0 Å². The molecule has 0 saturated carbocycles. The molecule has 1 nitrogen and oxygen atoms in total. The highest BCUT2D eigenvalue weighted by molar-refractivity contribution is 4.59. The van der Waals surface area contributed by atoms with E-state index in [1.165, 1.54) is 0 Å². The number of hydrogen-bond acceptors (Lipinski definition) is 1. The van der Waals surface area contributed by atoms with E-state index in [0.29, 0.717) is 5.92 Å². The van der Waals surface area contributed by atoms with E-state index in [2.05, 4.69) is 18.7 Å². The van der Waals surface area contributed by atoms with Gasteiger partial charge in [-0.1, -0.05) is 20.8 Å². The van der Waals surface area contributed by atoms with Crippen LogP contribution in [0.3, 0.4) is 0 Å². The molecule has 0 aliphatic rings. The van der Waals surface area contributed by atoms with Crippen LogP contribution in [0.1, 0.15) is 20.8 Å². The van der Waals surface area contributed by atoms with Gasteiger partial charge >= 0.3 is 0 Å². The van der Waals surface area contributed by atoms with Crippen molar-refractivity contribution in [1.82, 2.24) is 4.90 Å². The summed E-state index contributed by atoms with van der Waals surface area (Å²) in [5.41, 5.74) is 0. The molecule has 0 aromatic carbocycles. The Kier molecular flexibility index (Phi) is 5.47. The summed E-state index contributed by atoms with van der Waals surface area (Å²) in [6.07, 6.45) is 0. The highest BCUT2D eigenvalue weighted by atomic mass is 19.1. The van der Waals surface area contributed by atoms with E-state index in [4.69, 9.17) is 0 Å². The first-order valence-electron chi connectivity index (χ1n) is 4.30. The second kappa shape index (κ2) is 5.53. The van der Waals surface area contributed by atoms with Crippen molar-refractivity contribution in [1.29, 1.82) is 0 Å². The average molecular weight is 161 g/mol. The molecule has 0 aliphatic carbocycles. The summed E-state index contributed by atoms with van der Waals surface area (Å²) in [6.45, 7) is 8.02. The Morgan fingerprint density at radius 3 is 2.09 bits per heavy atom. The van der Waals surface area contributed by atoms with Crippen molar-refractivity contribution in [2.45, 2.75) is 20.8 Å². The minimum atomic E-state index is -0.206. The summed E-state index contributed by atoms with van der Waals surface area (Å²) in [5, 5.41) is 0. The van der Waals surface area contributed by atoms with Crippen molar-refractivity contribution in [2.75, 3.05) is 26.8 Å². The van der Waals surface area contributed by atoms with Crippen LogP contribution in [0.4, 0.5) is 4.39 Å². The molecule has 0 saturated heterocycles. The Hall–Kier alpha value is -0.110. The van der Waals surface area contributed by atoms with Gasteiger partial charge < -0.3 is 4.90 Å². The zero-order valence-electron chi connectivity index (χ0n) is 8.10. The second-order valence-electron chi connectivity index (χ2n) is 3.87. The van der Waals surface area contributed by atoms with Crippen molar-refractivity contribution < 1.29 is 4.39 Å². The van der Waals surface area contributed by atoms with Gasteiger partial charge in [-0.05, 0) is 18.9 Å². The summed E-state index contributed by atoms with van der Waals surface area (Å²) in [4.78, 5) is 2.19. The monoisotopic (exact) mass is 161 g/mol. The number of halogens is 1. The van der Waals surface area contributed by atoms with E-state index in [9.17, 15) is 4.39 Å². The predicted octanol–water partition coefficient (Wildman–Crippen LogP) is 2.18. The lowest BCUT2D eigenvalue weighted by Crippen LogP contribution is -2.28. The summed E-state index contributed by atoms with van der Waals surface area (Å²) < 4.78 is 12.1. The molecule has 0 fully saturated rings. The largest absolute Gasteiger partial charge is 0.306 e. The standard InChI is InChI=1S/C9H20FN/c1-8(2)6-11(4)7-9(3)5-10/h8-9H,5-7H2,1-4H3. The van der Waals surface area contributed by atoms with E-state index >= 15 is 0 Å². The predicted molar refractivity (Wildman–Crippen MR) is 47.5 cm³/mol. The van der Waals surface area contributed by atoms with Crippen LogP contribution in [0, 0.1) is 11.8 Å². The SMILES string of the molecule is CC(C)CN(C)CC(C)CF. The van der Waals surface area contributed by atoms with Gasteiger partial charge in [-0.15, -0.1) is 0 Å². The molecule has 0 amide bonds. The molecular weight excluding hydrogens is 141 g/mol. The minimum absolute atomic E-state index is 0.179. The molecule has 1 unspecified atom stereocenters. The van der Waals surface area contributed by atoms with Crippen molar-refractivity contribution >= 4 is 0 Å². The van der Waals surface area contributed by atoms with Gasteiger partial charge in [0.25, 0.3) is 0 Å². The molecule has 0 aromatic rings. The highest BCUT2D eigenvalue weighted by Gasteiger charge is 2.06. The first-order chi connectivity index (χ1) is 5.06. The molecule has 1 atom stereocenters. The van der Waals surface area contributed by atoms with Crippen LogP contribution in [0.15, 0.2) is 0 Å². The summed E-state index contributed by atoms with van der Waals surface area (Å²) in [6, 6.07) is 0. The first-order valence-corrected chi connectivity index (χ1v) is 4.30. The van der Waals surface area contributed by atoms with Crippen molar-refractivity contribution in [2.24, 2.45) is 11.8 Å². The van der Waals surface area contributed by atoms with E-state index in [0.717, 1.165) is 13.1 Å². The Labute approximate surface area is 69.6 Å². The van der Waals surface area contributed by atoms with Crippen molar-refractivity contribution in [3.63, 3.8) is 0 Å². The molecule has 0 spiro atoms. The van der Waals surface area contributed by atoms with Crippen LogP contribution in [-0.2, 0) is 0 Å². The zero-order valence-corrected chi connectivity index (χ0v) is 8.10. The molecule has 0 aromatic heterocycles. The third-order valence-electron chi connectivity index (χ3n) is 1.56. The molecule has 0 N–H and O–H groups in total. The zero-order chi connectivity index (χ0) is 8.85. The molecule has 0 heterocycles. The Balaban J connectivity index is 3.43. The Morgan fingerprint density at radius 2 is 1.73 bits per heavy atom. The van der Waals surface area contributed by atoms with Crippen LogP contribution in [0.2, 0.25) is 0 Å². The number of rotatable bonds is 5. The van der Waals surface area contributed by atoms with Gasteiger partial charge in [-0.3, -0.25) is 4.39 Å². The lowest BCUT2D eigenvalue weighted by Gasteiger charge is -2.21. The number of hydrogen-bond donors (Lipinski definition) is 0. The fourth-order valence-electron chi connectivity index (χ4n) is 1.28. The Bertz CT molecular complexity index is 93.6. The summed E-state index contributed by atoms with van der Waals surface area (Å²) >= 11 is 0. The molecule has 68 valence electrons. The van der Waals surface area contributed by atoms with Crippen molar-refractivity contribution in [3.8, 4) is 0 Å². The summed E-state index contributed by atoms with van der Waals surface area (Å²) in [5.74, 6) is 0.852. The van der Waals surface area contributed by atoms with Gasteiger partial charge in [-0.2, -0.15) is 0 Å². The van der Waals surface area contributed by atoms with Crippen LogP contribution < -0.4 is 0 Å². The summed E-state index contributed by atoms with van der Waals surface area (Å²) in [7, 11) is 2.05. The molecule has 2 heteroatoms. The van der Waals surface area contributed by atoms with E-state index < -0.39 is 0 Å². The third kappa shape index (κ3) is 6.29. The molecule has 0 bridgehead atoms. The van der Waals surface area contributed by atoms with Gasteiger partial charge in [0, 0.05) is 13.1 Å². The van der Waals surface area contributed by atoms with E-state index in [-0.39, 0.29) is 12.6 Å². The van der Waals surface area contributed by atoms with Crippen molar-refractivity contribution in [3.05, 3.63) is 0 Å². The van der Waals surface area contributed by atoms with Gasteiger partial charge in [0.1, 0.15) is 0 Å². The van der Waals surface area contributed by atoms with Crippen LogP contribution >= 0.6 is 0 Å². The van der Waals surface area contributed by atoms with E-state index in [1.54, 1.807) is 0 Å². The molecule has 0 radical (unpaired) electrons. The topological polar surface area (TPSA) is 3.24 Å². The molecule has 0 rings (SSSR count). The Morgan fingerprint density at radius 1 is 1.18 bits per heavy atom. The minimum Gasteiger partial charge on any atom is -0.306 e. The smallest absolute Gasteiger partial charge is 0.0932 e. The van der Waals surface area contributed by atoms with Crippen LogP contribution in [0.25, 0.3) is 0 Å². The van der Waals surface area contributed by atoms with Crippen LogP contribution in [0.5, 0.6) is 0 Å². The maximum atomic E-state index is 12.1.